The smallest absolute Gasteiger partial charge is 0.325 e. The number of benzene rings is 1. The lowest BCUT2D eigenvalue weighted by molar-refractivity contribution is -0.123. The van der Waals surface area contributed by atoms with Gasteiger partial charge in [-0.25, -0.2) is 0 Å². The zero-order valence-corrected chi connectivity index (χ0v) is 11.6. The molecule has 108 valence electrons. The van der Waals surface area contributed by atoms with Gasteiger partial charge in [0.1, 0.15) is 0 Å². The van der Waals surface area contributed by atoms with E-state index in [-0.39, 0.29) is 30.8 Å². The van der Waals surface area contributed by atoms with E-state index in [0.717, 1.165) is 0 Å². The molecule has 7 nitrogen and oxygen atoms in total. The third-order valence-electron chi connectivity index (χ3n) is 3.26. The van der Waals surface area contributed by atoms with Gasteiger partial charge in [-0.2, -0.15) is 0 Å². The third-order valence-corrected chi connectivity index (χ3v) is 3.52. The molecule has 1 aromatic carbocycles. The Morgan fingerprint density at radius 2 is 2.05 bits per heavy atom. The highest BCUT2D eigenvalue weighted by Gasteiger charge is 2.36. The van der Waals surface area contributed by atoms with Crippen LogP contribution in [0.2, 0.25) is 5.02 Å². The number of amides is 2. The van der Waals surface area contributed by atoms with Gasteiger partial charge in [0.2, 0.25) is 17.7 Å². The van der Waals surface area contributed by atoms with Gasteiger partial charge >= 0.3 is 6.01 Å². The van der Waals surface area contributed by atoms with Crippen molar-refractivity contribution in [3.8, 4) is 11.5 Å². The summed E-state index contributed by atoms with van der Waals surface area (Å²) in [6, 6.07) is 6.93. The van der Waals surface area contributed by atoms with Gasteiger partial charge in [0, 0.05) is 23.6 Å². The molecule has 0 saturated carbocycles. The summed E-state index contributed by atoms with van der Waals surface area (Å²) in [4.78, 5) is 24.3. The number of aromatic nitrogens is 2. The molecular weight excluding hydrogens is 296 g/mol. The van der Waals surface area contributed by atoms with Crippen LogP contribution < -0.4 is 10.6 Å². The van der Waals surface area contributed by atoms with Crippen LogP contribution in [-0.2, 0) is 9.59 Å². The number of carbonyl (C=O) groups is 2. The Morgan fingerprint density at radius 1 is 1.33 bits per heavy atom. The fraction of sp³-hybridized carbons (Fsp3) is 0.231. The average molecular weight is 307 g/mol. The standard InChI is InChI=1S/C13H11ClN4O3/c14-9-3-1-7(2-4-9)12-16-17-13(21-12)18-6-8(11(15)20)5-10(18)19/h1-4,8H,5-6H2,(H2,15,20). The van der Waals surface area contributed by atoms with Crippen LogP contribution in [0.3, 0.4) is 0 Å². The van der Waals surface area contributed by atoms with Crippen molar-refractivity contribution >= 4 is 29.4 Å². The van der Waals surface area contributed by atoms with E-state index in [1.165, 1.54) is 4.90 Å². The Kier molecular flexibility index (Phi) is 3.34. The van der Waals surface area contributed by atoms with Gasteiger partial charge in [0.25, 0.3) is 0 Å². The molecule has 1 atom stereocenters. The molecule has 21 heavy (non-hydrogen) atoms. The SMILES string of the molecule is NC(=O)C1CC(=O)N(c2nnc(-c3ccc(Cl)cc3)o2)C1. The first-order valence-electron chi connectivity index (χ1n) is 6.23. The van der Waals surface area contributed by atoms with Crippen LogP contribution in [0.25, 0.3) is 11.5 Å². The molecular formula is C13H11ClN4O3. The maximum absolute atomic E-state index is 11.9. The molecule has 0 aliphatic carbocycles. The maximum Gasteiger partial charge on any atom is 0.325 e. The molecule has 2 amide bonds. The number of carbonyl (C=O) groups excluding carboxylic acids is 2. The quantitative estimate of drug-likeness (QED) is 0.918. The molecule has 1 aromatic heterocycles. The molecule has 8 heteroatoms. The Bertz CT molecular complexity index is 698. The first-order valence-corrected chi connectivity index (χ1v) is 6.61. The van der Waals surface area contributed by atoms with Crippen LogP contribution >= 0.6 is 11.6 Å². The highest BCUT2D eigenvalue weighted by molar-refractivity contribution is 6.30. The van der Waals surface area contributed by atoms with E-state index in [4.69, 9.17) is 21.8 Å². The molecule has 2 aromatic rings. The van der Waals surface area contributed by atoms with E-state index >= 15 is 0 Å². The Labute approximate surface area is 124 Å². The Balaban J connectivity index is 1.84. The number of nitrogens with zero attached hydrogens (tertiary/aromatic N) is 3. The van der Waals surface area contributed by atoms with Gasteiger partial charge in [-0.05, 0) is 24.3 Å². The minimum absolute atomic E-state index is 0.0635. The van der Waals surface area contributed by atoms with E-state index < -0.39 is 11.8 Å². The first kappa shape index (κ1) is 13.6. The zero-order chi connectivity index (χ0) is 15.0. The number of primary amides is 1. The molecule has 2 N–H and O–H groups in total. The molecule has 1 aliphatic rings. The lowest BCUT2D eigenvalue weighted by atomic mass is 10.1. The zero-order valence-electron chi connectivity index (χ0n) is 10.8. The van der Waals surface area contributed by atoms with Gasteiger partial charge in [-0.3, -0.25) is 14.5 Å². The summed E-state index contributed by atoms with van der Waals surface area (Å²) in [5.74, 6) is -1.02. The normalized spacial score (nSPS) is 18.2. The summed E-state index contributed by atoms with van der Waals surface area (Å²) in [5.41, 5.74) is 5.90. The number of hydrogen-bond donors (Lipinski definition) is 1. The van der Waals surface area contributed by atoms with Gasteiger partial charge in [-0.1, -0.05) is 16.7 Å². The second-order valence-corrected chi connectivity index (χ2v) is 5.14. The van der Waals surface area contributed by atoms with Crippen LogP contribution in [0.15, 0.2) is 28.7 Å². The van der Waals surface area contributed by atoms with Gasteiger partial charge in [0.05, 0.1) is 5.92 Å². The van der Waals surface area contributed by atoms with Gasteiger partial charge in [0.15, 0.2) is 0 Å². The summed E-state index contributed by atoms with van der Waals surface area (Å²) in [6.07, 6.45) is 0.0635. The molecule has 0 radical (unpaired) electrons. The summed E-state index contributed by atoms with van der Waals surface area (Å²) in [5, 5.41) is 8.33. The molecule has 3 rings (SSSR count). The third kappa shape index (κ3) is 2.59. The second-order valence-electron chi connectivity index (χ2n) is 4.70. The van der Waals surface area contributed by atoms with Crippen LogP contribution in [0.1, 0.15) is 6.42 Å². The lowest BCUT2D eigenvalue weighted by Gasteiger charge is -2.09. The van der Waals surface area contributed by atoms with Crippen LogP contribution in [0.5, 0.6) is 0 Å². The highest BCUT2D eigenvalue weighted by Crippen LogP contribution is 2.27. The summed E-state index contributed by atoms with van der Waals surface area (Å²) in [7, 11) is 0. The molecule has 1 saturated heterocycles. The highest BCUT2D eigenvalue weighted by atomic mass is 35.5. The van der Waals surface area contributed by atoms with Crippen molar-refractivity contribution in [1.82, 2.24) is 10.2 Å². The molecule has 2 heterocycles. The van der Waals surface area contributed by atoms with Crippen molar-refractivity contribution < 1.29 is 14.0 Å². The van der Waals surface area contributed by atoms with E-state index in [9.17, 15) is 9.59 Å². The number of hydrogen-bond acceptors (Lipinski definition) is 5. The van der Waals surface area contributed by atoms with Crippen molar-refractivity contribution in [2.24, 2.45) is 11.7 Å². The number of rotatable bonds is 3. The summed E-state index contributed by atoms with van der Waals surface area (Å²) in [6.45, 7) is 0.163. The molecule has 0 bridgehead atoms. The van der Waals surface area contributed by atoms with Crippen molar-refractivity contribution in [3.05, 3.63) is 29.3 Å². The fourth-order valence-corrected chi connectivity index (χ4v) is 2.24. The minimum Gasteiger partial charge on any atom is -0.403 e. The molecule has 1 aliphatic heterocycles. The van der Waals surface area contributed by atoms with E-state index in [1.807, 2.05) is 0 Å². The Morgan fingerprint density at radius 3 is 2.67 bits per heavy atom. The van der Waals surface area contributed by atoms with Crippen LogP contribution in [0, 0.1) is 5.92 Å². The van der Waals surface area contributed by atoms with Crippen molar-refractivity contribution in [2.75, 3.05) is 11.4 Å². The van der Waals surface area contributed by atoms with E-state index in [2.05, 4.69) is 10.2 Å². The predicted octanol–water partition coefficient (Wildman–Crippen LogP) is 1.23. The van der Waals surface area contributed by atoms with Gasteiger partial charge in [-0.15, -0.1) is 5.10 Å². The number of anilines is 1. The van der Waals surface area contributed by atoms with E-state index in [0.29, 0.717) is 10.6 Å². The number of halogens is 1. The van der Waals surface area contributed by atoms with Crippen molar-refractivity contribution in [1.29, 1.82) is 0 Å². The summed E-state index contributed by atoms with van der Waals surface area (Å²) < 4.78 is 5.48. The van der Waals surface area contributed by atoms with Crippen molar-refractivity contribution in [3.63, 3.8) is 0 Å². The maximum atomic E-state index is 11.9. The second kappa shape index (κ2) is 5.17. The lowest BCUT2D eigenvalue weighted by Crippen LogP contribution is -2.28. The summed E-state index contributed by atoms with van der Waals surface area (Å²) >= 11 is 5.81. The van der Waals surface area contributed by atoms with Gasteiger partial charge < -0.3 is 10.2 Å². The Hall–Kier alpha value is -2.41. The van der Waals surface area contributed by atoms with E-state index in [1.54, 1.807) is 24.3 Å². The molecule has 1 fully saturated rings. The largest absolute Gasteiger partial charge is 0.403 e. The predicted molar refractivity (Wildman–Crippen MR) is 74.4 cm³/mol. The fourth-order valence-electron chi connectivity index (χ4n) is 2.12. The number of nitrogens with two attached hydrogens (primary N) is 1. The minimum atomic E-state index is -0.525. The van der Waals surface area contributed by atoms with Crippen LogP contribution in [0.4, 0.5) is 6.01 Å². The average Bonchev–Trinajstić information content (AvgIpc) is 3.06. The first-order chi connectivity index (χ1) is 10.0. The molecule has 0 spiro atoms. The monoisotopic (exact) mass is 306 g/mol. The van der Waals surface area contributed by atoms with Crippen molar-refractivity contribution in [2.45, 2.75) is 6.42 Å². The van der Waals surface area contributed by atoms with Crippen LogP contribution in [-0.4, -0.2) is 28.6 Å². The topological polar surface area (TPSA) is 102 Å². The molecule has 1 unspecified atom stereocenters.